The van der Waals surface area contributed by atoms with Gasteiger partial charge in [-0.25, -0.2) is 0 Å². The predicted octanol–water partition coefficient (Wildman–Crippen LogP) is -1.42. The van der Waals surface area contributed by atoms with Crippen molar-refractivity contribution < 1.29 is 48.0 Å². The van der Waals surface area contributed by atoms with Crippen molar-refractivity contribution in [2.24, 2.45) is 11.8 Å². The summed E-state index contributed by atoms with van der Waals surface area (Å²) in [4.78, 5) is 0. The van der Waals surface area contributed by atoms with Gasteiger partial charge in [-0.3, -0.25) is 0 Å². The molecule has 1 heterocycles. The molecule has 0 nitrogen and oxygen atoms in total. The minimum Gasteiger partial charge on any atom is -1.00 e. The fraction of sp³-hybridized carbons (Fsp3) is 0.500. The Morgan fingerprint density at radius 2 is 1.20 bits per heavy atom. The minimum atomic E-state index is -1.40. The van der Waals surface area contributed by atoms with E-state index in [9.17, 15) is 0 Å². The second kappa shape index (κ2) is 6.03. The van der Waals surface area contributed by atoms with Crippen LogP contribution < -0.4 is 24.8 Å². The molecule has 0 saturated carbocycles. The third kappa shape index (κ3) is 2.45. The Kier molecular flexibility index (Phi) is 5.63. The van der Waals surface area contributed by atoms with Crippen LogP contribution in [0.25, 0.3) is 0 Å². The first-order valence-electron chi connectivity index (χ1n) is 6.98. The van der Waals surface area contributed by atoms with Gasteiger partial charge in [0, 0.05) is 0 Å². The Hall–Kier alpha value is 0.640. The Morgan fingerprint density at radius 1 is 0.850 bits per heavy atom. The van der Waals surface area contributed by atoms with Crippen molar-refractivity contribution in [3.05, 3.63) is 40.3 Å². The van der Waals surface area contributed by atoms with Gasteiger partial charge in [0.2, 0.25) is 0 Å². The van der Waals surface area contributed by atoms with Gasteiger partial charge < -0.3 is 24.8 Å². The second-order valence-corrected chi connectivity index (χ2v) is 14.1. The van der Waals surface area contributed by atoms with Crippen LogP contribution in [0.1, 0.15) is 27.7 Å². The van der Waals surface area contributed by atoms with Crippen LogP contribution >= 0.6 is 0 Å². The zero-order chi connectivity index (χ0) is 13.2. The van der Waals surface area contributed by atoms with E-state index in [1.807, 2.05) is 17.0 Å². The Morgan fingerprint density at radius 3 is 1.55 bits per heavy atom. The average molecular weight is 405 g/mol. The van der Waals surface area contributed by atoms with Gasteiger partial charge in [-0.1, -0.05) is 0 Å². The third-order valence-corrected chi connectivity index (χ3v) is 14.6. The van der Waals surface area contributed by atoms with E-state index in [0.717, 1.165) is 11.8 Å². The molecular weight excluding hydrogens is 382 g/mol. The molecule has 0 amide bonds. The first kappa shape index (κ1) is 18.7. The molecule has 3 aliphatic rings. The molecule has 2 atom stereocenters. The summed E-state index contributed by atoms with van der Waals surface area (Å²) in [6.45, 7) is 14.7. The SMILES string of the molecule is CC1=CC(C)[C]2=C1[Si](C)(C)C1=[C]([Zr+2]2)C(C)C=C1C.[Cl-].[Cl-]. The summed E-state index contributed by atoms with van der Waals surface area (Å²) in [5.41, 5.74) is 3.24. The smallest absolute Gasteiger partial charge is 1.00 e. The fourth-order valence-corrected chi connectivity index (χ4v) is 17.6. The number of halogens is 2. The molecule has 0 aromatic rings. The van der Waals surface area contributed by atoms with E-state index in [1.165, 1.54) is 0 Å². The topological polar surface area (TPSA) is 0 Å². The zero-order valence-electron chi connectivity index (χ0n) is 13.1. The molecule has 1 aliphatic heterocycles. The summed E-state index contributed by atoms with van der Waals surface area (Å²) in [5, 5.41) is 3.70. The molecular formula is C16H22Cl2SiZr. The van der Waals surface area contributed by atoms with Gasteiger partial charge >= 0.3 is 124 Å². The predicted molar refractivity (Wildman–Crippen MR) is 77.4 cm³/mol. The van der Waals surface area contributed by atoms with Crippen molar-refractivity contribution in [1.29, 1.82) is 0 Å². The minimum absolute atomic E-state index is 0. The van der Waals surface area contributed by atoms with Crippen LogP contribution in [0.4, 0.5) is 0 Å². The molecule has 0 aromatic carbocycles. The first-order chi connectivity index (χ1) is 8.34. The van der Waals surface area contributed by atoms with Gasteiger partial charge in [0.25, 0.3) is 0 Å². The van der Waals surface area contributed by atoms with E-state index in [-0.39, 0.29) is 24.8 Å². The van der Waals surface area contributed by atoms with Crippen molar-refractivity contribution in [3.8, 4) is 0 Å². The van der Waals surface area contributed by atoms with Gasteiger partial charge in [0.05, 0.1) is 0 Å². The summed E-state index contributed by atoms with van der Waals surface area (Å²) >= 11 is -0.487. The zero-order valence-corrected chi connectivity index (χ0v) is 18.0. The van der Waals surface area contributed by atoms with Gasteiger partial charge in [0.15, 0.2) is 0 Å². The Bertz CT molecular complexity index is 519. The summed E-state index contributed by atoms with van der Waals surface area (Å²) < 4.78 is 3.84. The summed E-state index contributed by atoms with van der Waals surface area (Å²) in [6.07, 6.45) is 5.07. The second-order valence-electron chi connectivity index (χ2n) is 6.60. The van der Waals surface area contributed by atoms with Crippen molar-refractivity contribution >= 4 is 8.07 Å². The van der Waals surface area contributed by atoms with Crippen LogP contribution in [0.2, 0.25) is 13.1 Å². The number of hydrogen-bond acceptors (Lipinski definition) is 0. The van der Waals surface area contributed by atoms with E-state index < -0.39 is 31.3 Å². The molecule has 0 aromatic heterocycles. The van der Waals surface area contributed by atoms with Gasteiger partial charge in [-0.2, -0.15) is 0 Å². The van der Waals surface area contributed by atoms with E-state index >= 15 is 0 Å². The van der Waals surface area contributed by atoms with Crippen LogP contribution in [0.3, 0.4) is 0 Å². The molecule has 20 heavy (non-hydrogen) atoms. The van der Waals surface area contributed by atoms with E-state index in [4.69, 9.17) is 0 Å². The van der Waals surface area contributed by atoms with Crippen LogP contribution in [0, 0.1) is 11.8 Å². The van der Waals surface area contributed by atoms with Gasteiger partial charge in [-0.15, -0.1) is 0 Å². The molecule has 0 fully saturated rings. The molecule has 0 saturated heterocycles. The number of allylic oxidation sites excluding steroid dienone is 8. The van der Waals surface area contributed by atoms with Crippen molar-refractivity contribution in [3.63, 3.8) is 0 Å². The summed E-state index contributed by atoms with van der Waals surface area (Å²) in [6, 6.07) is 0. The first-order valence-corrected chi connectivity index (χ1v) is 12.4. The van der Waals surface area contributed by atoms with Crippen molar-refractivity contribution in [1.82, 2.24) is 0 Å². The van der Waals surface area contributed by atoms with Crippen molar-refractivity contribution in [2.45, 2.75) is 40.8 Å². The molecule has 0 bridgehead atoms. The molecule has 108 valence electrons. The Balaban J connectivity index is 0.000001000. The number of rotatable bonds is 0. The maximum atomic E-state index is 2.58. The molecule has 2 unspecified atom stereocenters. The largest absolute Gasteiger partial charge is 1.00 e. The molecule has 0 radical (unpaired) electrons. The molecule has 4 heteroatoms. The maximum Gasteiger partial charge on any atom is -1.00 e. The monoisotopic (exact) mass is 402 g/mol. The maximum absolute atomic E-state index is 2.58. The van der Waals surface area contributed by atoms with Gasteiger partial charge in [-0.05, 0) is 0 Å². The average Bonchev–Trinajstić information content (AvgIpc) is 2.67. The molecule has 0 spiro atoms. The van der Waals surface area contributed by atoms with Crippen LogP contribution in [-0.2, 0) is 23.2 Å². The van der Waals surface area contributed by atoms with Crippen LogP contribution in [0.5, 0.6) is 0 Å². The fourth-order valence-electron chi connectivity index (χ4n) is 4.25. The van der Waals surface area contributed by atoms with Crippen LogP contribution in [0.15, 0.2) is 40.3 Å². The third-order valence-electron chi connectivity index (χ3n) is 4.76. The Labute approximate surface area is 148 Å². The summed E-state index contributed by atoms with van der Waals surface area (Å²) in [7, 11) is -1.40. The van der Waals surface area contributed by atoms with E-state index in [2.05, 4.69) is 52.9 Å². The van der Waals surface area contributed by atoms with Crippen LogP contribution in [-0.4, -0.2) is 8.07 Å². The quantitative estimate of drug-likeness (QED) is 0.435. The molecule has 3 rings (SSSR count). The van der Waals surface area contributed by atoms with E-state index in [0.29, 0.717) is 0 Å². The molecule has 0 N–H and O–H groups in total. The van der Waals surface area contributed by atoms with Gasteiger partial charge in [0.1, 0.15) is 0 Å². The normalized spacial score (nSPS) is 29.3. The van der Waals surface area contributed by atoms with E-state index in [1.54, 1.807) is 11.1 Å². The summed E-state index contributed by atoms with van der Waals surface area (Å²) in [5.74, 6) is 1.50. The number of hydrogen-bond donors (Lipinski definition) is 0. The van der Waals surface area contributed by atoms with Crippen molar-refractivity contribution in [2.75, 3.05) is 0 Å². The molecule has 2 aliphatic carbocycles. The standard InChI is InChI=1S/C16H22Si.2ClH.Zr/c1-11-7-13(3)15(9-11)17(5,6)16-10-12(2)8-14(16)4;;;/h7-8,11-12H,1-6H3;2*1H;/q;;;+2/p-2.